The second kappa shape index (κ2) is 9.28. The van der Waals surface area contributed by atoms with Crippen LogP contribution in [-0.4, -0.2) is 40.0 Å². The van der Waals surface area contributed by atoms with Gasteiger partial charge in [-0.3, -0.25) is 14.5 Å². The second-order valence-electron chi connectivity index (χ2n) is 8.38. The maximum absolute atomic E-state index is 13.3. The molecule has 6 heteroatoms. The topological polar surface area (TPSA) is 74.7 Å². The average Bonchev–Trinajstić information content (AvgIpc) is 3.16. The molecule has 0 unspecified atom stereocenters. The number of carboxylic acid groups (broad SMARTS) is 1. The molecule has 4 aromatic rings. The van der Waals surface area contributed by atoms with Crippen LogP contribution in [0.5, 0.6) is 0 Å². The zero-order valence-electron chi connectivity index (χ0n) is 18.8. The van der Waals surface area contributed by atoms with Crippen LogP contribution in [0.15, 0.2) is 115 Å². The summed E-state index contributed by atoms with van der Waals surface area (Å²) in [6.07, 6.45) is 0.0891. The number of amides is 2. The highest BCUT2D eigenvalue weighted by Crippen LogP contribution is 2.56. The molecule has 172 valence electrons. The van der Waals surface area contributed by atoms with Gasteiger partial charge in [0.1, 0.15) is 29.3 Å². The van der Waals surface area contributed by atoms with Crippen LogP contribution in [0, 0.1) is 0 Å². The second-order valence-corrected chi connectivity index (χ2v) is 11.9. The van der Waals surface area contributed by atoms with E-state index in [1.165, 1.54) is 0 Å². The molecule has 4 aromatic carbocycles. The van der Waals surface area contributed by atoms with Crippen molar-refractivity contribution in [3.05, 3.63) is 126 Å². The van der Waals surface area contributed by atoms with Gasteiger partial charge in [-0.15, -0.1) is 0 Å². The van der Waals surface area contributed by atoms with Gasteiger partial charge in [-0.1, -0.05) is 66.7 Å². The molecule has 5 rings (SSSR count). The Morgan fingerprint density at radius 1 is 0.629 bits per heavy atom. The first-order chi connectivity index (χ1) is 17.0. The van der Waals surface area contributed by atoms with Gasteiger partial charge in [-0.2, -0.15) is 0 Å². The molecule has 35 heavy (non-hydrogen) atoms. The number of rotatable bonds is 7. The van der Waals surface area contributed by atoms with Crippen LogP contribution in [0.3, 0.4) is 0 Å². The van der Waals surface area contributed by atoms with Gasteiger partial charge in [0.05, 0.1) is 11.1 Å². The maximum atomic E-state index is 13.3. The minimum Gasteiger partial charge on any atom is -0.480 e. The number of nitrogens with zero attached hydrogens (tertiary/aromatic N) is 1. The van der Waals surface area contributed by atoms with Crippen molar-refractivity contribution < 1.29 is 19.5 Å². The maximum Gasteiger partial charge on any atom is 0.330 e. The normalized spacial score (nSPS) is 14.0. The van der Waals surface area contributed by atoms with Crippen molar-refractivity contribution in [2.75, 3.05) is 6.16 Å². The van der Waals surface area contributed by atoms with E-state index >= 15 is 0 Å². The van der Waals surface area contributed by atoms with Crippen molar-refractivity contribution >= 4 is 41.0 Å². The lowest BCUT2D eigenvalue weighted by molar-refractivity contribution is -0.140. The molecular weight excluding hydrogens is 457 g/mol. The van der Waals surface area contributed by atoms with Crippen LogP contribution in [-0.2, 0) is 4.79 Å². The number of benzene rings is 4. The summed E-state index contributed by atoms with van der Waals surface area (Å²) in [7, 11) is -2.59. The van der Waals surface area contributed by atoms with E-state index in [2.05, 4.69) is 0 Å². The smallest absolute Gasteiger partial charge is 0.330 e. The standard InChI is InChI=1S/C29H22NO4P/c31-27-24-18-10-11-19-25(24)28(32)30(27)26(29(33)34)20-35(21-12-4-1-5-13-21,22-14-6-2-7-15-22)23-16-8-3-9-17-23/h1-19,26H,20H2/p+1/t26-/m0/s1. The molecule has 0 fully saturated rings. The van der Waals surface area contributed by atoms with E-state index in [-0.39, 0.29) is 17.3 Å². The number of imide groups is 1. The summed E-state index contributed by atoms with van der Waals surface area (Å²) in [6, 6.07) is 34.6. The fourth-order valence-electron chi connectivity index (χ4n) is 4.83. The fourth-order valence-corrected chi connectivity index (χ4v) is 9.24. The zero-order chi connectivity index (χ0) is 24.4. The number of carbonyl (C=O) groups excluding carboxylic acids is 2. The van der Waals surface area contributed by atoms with Crippen molar-refractivity contribution in [1.29, 1.82) is 0 Å². The molecule has 1 heterocycles. The summed E-state index contributed by atoms with van der Waals surface area (Å²) in [6.45, 7) is 0. The van der Waals surface area contributed by atoms with Crippen molar-refractivity contribution in [1.82, 2.24) is 4.90 Å². The van der Waals surface area contributed by atoms with Crippen LogP contribution in [0.25, 0.3) is 0 Å². The molecule has 0 bridgehead atoms. The predicted molar refractivity (Wildman–Crippen MR) is 138 cm³/mol. The summed E-state index contributed by atoms with van der Waals surface area (Å²) in [5.74, 6) is -2.33. The average molecular weight is 480 g/mol. The molecule has 0 radical (unpaired) electrons. The van der Waals surface area contributed by atoms with E-state index in [1.807, 2.05) is 91.0 Å². The van der Waals surface area contributed by atoms with E-state index in [4.69, 9.17) is 0 Å². The number of fused-ring (bicyclic) bond motifs is 1. The third-order valence-electron chi connectivity index (χ3n) is 6.46. The monoisotopic (exact) mass is 480 g/mol. The summed E-state index contributed by atoms with van der Waals surface area (Å²) < 4.78 is 0. The summed E-state index contributed by atoms with van der Waals surface area (Å²) in [5, 5.41) is 13.4. The van der Waals surface area contributed by atoms with Crippen LogP contribution >= 0.6 is 7.26 Å². The lowest BCUT2D eigenvalue weighted by Gasteiger charge is -2.32. The quantitative estimate of drug-likeness (QED) is 0.323. The molecule has 0 aromatic heterocycles. The van der Waals surface area contributed by atoms with Crippen molar-refractivity contribution in [3.63, 3.8) is 0 Å². The molecular formula is C29H23NO4P+. The Labute approximate surface area is 204 Å². The van der Waals surface area contributed by atoms with Gasteiger partial charge in [0.15, 0.2) is 6.04 Å². The number of carboxylic acids is 1. The minimum atomic E-state index is -2.59. The van der Waals surface area contributed by atoms with E-state index < -0.39 is 31.1 Å². The van der Waals surface area contributed by atoms with Crippen LogP contribution in [0.2, 0.25) is 0 Å². The fraction of sp³-hybridized carbons (Fsp3) is 0.0690. The molecule has 0 saturated carbocycles. The molecule has 1 N–H and O–H groups in total. The molecule has 1 atom stereocenters. The van der Waals surface area contributed by atoms with Gasteiger partial charge < -0.3 is 5.11 Å². The van der Waals surface area contributed by atoms with Crippen molar-refractivity contribution in [3.8, 4) is 0 Å². The molecule has 1 aliphatic heterocycles. The Morgan fingerprint density at radius 3 is 1.31 bits per heavy atom. The SMILES string of the molecule is O=C(O)[C@H](C[P+](c1ccccc1)(c1ccccc1)c1ccccc1)N1C(=O)c2ccccc2C1=O. The Morgan fingerprint density at radius 2 is 0.971 bits per heavy atom. The number of aliphatic carboxylic acids is 1. The van der Waals surface area contributed by atoms with E-state index in [0.717, 1.165) is 20.8 Å². The summed E-state index contributed by atoms with van der Waals surface area (Å²) >= 11 is 0. The van der Waals surface area contributed by atoms with Crippen molar-refractivity contribution in [2.24, 2.45) is 0 Å². The number of hydrogen-bond acceptors (Lipinski definition) is 3. The lowest BCUT2D eigenvalue weighted by Crippen LogP contribution is -2.50. The minimum absolute atomic E-state index is 0.0891. The largest absolute Gasteiger partial charge is 0.480 e. The van der Waals surface area contributed by atoms with Gasteiger partial charge in [-0.25, -0.2) is 4.79 Å². The van der Waals surface area contributed by atoms with Crippen molar-refractivity contribution in [2.45, 2.75) is 6.04 Å². The molecule has 2 amide bonds. The van der Waals surface area contributed by atoms with Gasteiger partial charge in [-0.05, 0) is 48.5 Å². The predicted octanol–water partition coefficient (Wildman–Crippen LogP) is 3.73. The Bertz CT molecular complexity index is 1260. The highest BCUT2D eigenvalue weighted by Gasteiger charge is 2.53. The number of carbonyl (C=O) groups is 3. The van der Waals surface area contributed by atoms with E-state index in [1.54, 1.807) is 24.3 Å². The van der Waals surface area contributed by atoms with Crippen LogP contribution in [0.1, 0.15) is 20.7 Å². The Hall–Kier alpha value is -4.08. The van der Waals surface area contributed by atoms with E-state index in [9.17, 15) is 19.5 Å². The van der Waals surface area contributed by atoms with Crippen LogP contribution in [0.4, 0.5) is 0 Å². The first-order valence-corrected chi connectivity index (χ1v) is 13.3. The van der Waals surface area contributed by atoms with Gasteiger partial charge >= 0.3 is 5.97 Å². The highest BCUT2D eigenvalue weighted by atomic mass is 31.2. The Kier molecular flexibility index (Phi) is 6.02. The highest BCUT2D eigenvalue weighted by molar-refractivity contribution is 7.95. The molecule has 0 saturated heterocycles. The molecule has 5 nitrogen and oxygen atoms in total. The van der Waals surface area contributed by atoms with Crippen LogP contribution < -0.4 is 15.9 Å². The van der Waals surface area contributed by atoms with Gasteiger partial charge in [0.25, 0.3) is 11.8 Å². The third-order valence-corrected chi connectivity index (χ3v) is 10.9. The summed E-state index contributed by atoms with van der Waals surface area (Å²) in [5.41, 5.74) is 0.485. The molecule has 0 aliphatic carbocycles. The Balaban J connectivity index is 1.72. The third kappa shape index (κ3) is 3.84. The summed E-state index contributed by atoms with van der Waals surface area (Å²) in [4.78, 5) is 40.3. The first-order valence-electron chi connectivity index (χ1n) is 11.3. The molecule has 1 aliphatic rings. The zero-order valence-corrected chi connectivity index (χ0v) is 19.7. The first kappa shape index (κ1) is 22.7. The van der Waals surface area contributed by atoms with Gasteiger partial charge in [0.2, 0.25) is 0 Å². The number of hydrogen-bond donors (Lipinski definition) is 1. The molecule has 0 spiro atoms. The van der Waals surface area contributed by atoms with E-state index in [0.29, 0.717) is 0 Å². The van der Waals surface area contributed by atoms with Gasteiger partial charge in [0, 0.05) is 0 Å². The lowest BCUT2D eigenvalue weighted by atomic mass is 10.1.